The van der Waals surface area contributed by atoms with Crippen LogP contribution in [0.15, 0.2) is 42.5 Å². The molecule has 0 bridgehead atoms. The maximum absolute atomic E-state index is 13.3. The summed E-state index contributed by atoms with van der Waals surface area (Å²) >= 11 is 1.72. The van der Waals surface area contributed by atoms with Gasteiger partial charge in [-0.3, -0.25) is 9.59 Å². The van der Waals surface area contributed by atoms with Crippen molar-refractivity contribution in [3.8, 4) is 0 Å². The van der Waals surface area contributed by atoms with Gasteiger partial charge in [0, 0.05) is 29.3 Å². The average Bonchev–Trinajstić information content (AvgIpc) is 3.08. The third-order valence-corrected chi connectivity index (χ3v) is 5.84. The first-order chi connectivity index (χ1) is 14.2. The topological polar surface area (TPSA) is 40.6 Å². The summed E-state index contributed by atoms with van der Waals surface area (Å²) in [5, 5.41) is 0. The Morgan fingerprint density at radius 3 is 2.20 bits per heavy atom. The highest BCUT2D eigenvalue weighted by atomic mass is 32.1. The van der Waals surface area contributed by atoms with E-state index in [-0.39, 0.29) is 23.8 Å². The van der Waals surface area contributed by atoms with Gasteiger partial charge in [-0.1, -0.05) is 64.4 Å². The Kier molecular flexibility index (Phi) is 9.09. The summed E-state index contributed by atoms with van der Waals surface area (Å²) in [5.41, 5.74) is 1.00. The average molecular weight is 429 g/mol. The predicted molar refractivity (Wildman–Crippen MR) is 125 cm³/mol. The minimum absolute atomic E-state index is 0.00303. The molecular weight excluding hydrogens is 392 g/mol. The number of amides is 2. The highest BCUT2D eigenvalue weighted by molar-refractivity contribution is 7.11. The summed E-state index contributed by atoms with van der Waals surface area (Å²) in [7, 11) is 0. The molecule has 0 fully saturated rings. The number of nitrogens with zero attached hydrogens (tertiary/aromatic N) is 2. The van der Waals surface area contributed by atoms with Crippen LogP contribution in [0, 0.1) is 12.3 Å². The molecule has 5 heteroatoms. The van der Waals surface area contributed by atoms with Gasteiger partial charge in [-0.25, -0.2) is 0 Å². The number of aryl methyl sites for hydroxylation is 1. The van der Waals surface area contributed by atoms with Crippen molar-refractivity contribution in [2.75, 3.05) is 13.1 Å². The second-order valence-electron chi connectivity index (χ2n) is 9.15. The van der Waals surface area contributed by atoms with Crippen LogP contribution in [0.25, 0.3) is 0 Å². The van der Waals surface area contributed by atoms with Crippen molar-refractivity contribution in [2.45, 2.75) is 67.0 Å². The molecule has 164 valence electrons. The van der Waals surface area contributed by atoms with Crippen molar-refractivity contribution in [1.29, 1.82) is 0 Å². The third kappa shape index (κ3) is 8.31. The lowest BCUT2D eigenvalue weighted by Gasteiger charge is -2.29. The van der Waals surface area contributed by atoms with Crippen LogP contribution in [0.3, 0.4) is 0 Å². The molecule has 0 N–H and O–H groups in total. The normalized spacial score (nSPS) is 11.4. The molecule has 0 aliphatic rings. The monoisotopic (exact) mass is 428 g/mol. The smallest absolute Gasteiger partial charge is 0.242 e. The SMILES string of the molecule is CCCCN(CC(=O)N(Cc1ccccc1)Cc1ccc(C)s1)C(=O)CC(C)(C)C. The largest absolute Gasteiger partial charge is 0.333 e. The molecule has 0 saturated heterocycles. The summed E-state index contributed by atoms with van der Waals surface area (Å²) in [6.07, 6.45) is 2.36. The van der Waals surface area contributed by atoms with E-state index >= 15 is 0 Å². The van der Waals surface area contributed by atoms with Crippen LogP contribution in [0.4, 0.5) is 0 Å². The van der Waals surface area contributed by atoms with Gasteiger partial charge in [-0.05, 0) is 36.5 Å². The van der Waals surface area contributed by atoms with Crippen LogP contribution >= 0.6 is 11.3 Å². The van der Waals surface area contributed by atoms with E-state index in [1.54, 1.807) is 16.2 Å². The van der Waals surface area contributed by atoms with E-state index < -0.39 is 0 Å². The Hall–Kier alpha value is -2.14. The number of unbranched alkanes of at least 4 members (excludes halogenated alkanes) is 1. The van der Waals surface area contributed by atoms with Gasteiger partial charge in [0.2, 0.25) is 11.8 Å². The summed E-state index contributed by atoms with van der Waals surface area (Å²) in [6.45, 7) is 12.3. The molecule has 30 heavy (non-hydrogen) atoms. The van der Waals surface area contributed by atoms with E-state index in [4.69, 9.17) is 0 Å². The van der Waals surface area contributed by atoms with Crippen LogP contribution in [0.5, 0.6) is 0 Å². The second kappa shape index (κ2) is 11.3. The summed E-state index contributed by atoms with van der Waals surface area (Å²) < 4.78 is 0. The molecule has 2 amide bonds. The van der Waals surface area contributed by atoms with Gasteiger partial charge in [-0.15, -0.1) is 11.3 Å². The van der Waals surface area contributed by atoms with Crippen molar-refractivity contribution in [1.82, 2.24) is 9.80 Å². The van der Waals surface area contributed by atoms with Crippen molar-refractivity contribution in [3.05, 3.63) is 57.8 Å². The van der Waals surface area contributed by atoms with E-state index in [1.165, 1.54) is 4.88 Å². The molecule has 0 saturated carbocycles. The molecule has 0 spiro atoms. The molecule has 2 aromatic rings. The molecule has 1 aromatic carbocycles. The fourth-order valence-electron chi connectivity index (χ4n) is 3.26. The van der Waals surface area contributed by atoms with Gasteiger partial charge in [0.15, 0.2) is 0 Å². The minimum atomic E-state index is -0.0944. The molecular formula is C25H36N2O2S. The lowest BCUT2D eigenvalue weighted by molar-refractivity contribution is -0.142. The molecule has 0 unspecified atom stereocenters. The lowest BCUT2D eigenvalue weighted by atomic mass is 9.91. The molecule has 0 radical (unpaired) electrons. The summed E-state index contributed by atoms with van der Waals surface area (Å²) in [4.78, 5) is 32.3. The molecule has 1 heterocycles. The van der Waals surface area contributed by atoms with E-state index in [9.17, 15) is 9.59 Å². The van der Waals surface area contributed by atoms with Gasteiger partial charge in [0.25, 0.3) is 0 Å². The van der Waals surface area contributed by atoms with Gasteiger partial charge < -0.3 is 9.80 Å². The Balaban J connectivity index is 2.17. The molecule has 4 nitrogen and oxygen atoms in total. The van der Waals surface area contributed by atoms with E-state index in [2.05, 4.69) is 46.8 Å². The predicted octanol–water partition coefficient (Wildman–Crippen LogP) is 5.65. The van der Waals surface area contributed by atoms with Crippen molar-refractivity contribution in [3.63, 3.8) is 0 Å². The number of benzene rings is 1. The van der Waals surface area contributed by atoms with Gasteiger partial charge in [-0.2, -0.15) is 0 Å². The van der Waals surface area contributed by atoms with E-state index in [0.29, 0.717) is 26.1 Å². The Morgan fingerprint density at radius 2 is 1.63 bits per heavy atom. The van der Waals surface area contributed by atoms with Crippen molar-refractivity contribution < 1.29 is 9.59 Å². The maximum Gasteiger partial charge on any atom is 0.242 e. The van der Waals surface area contributed by atoms with Crippen LogP contribution in [-0.4, -0.2) is 34.7 Å². The quantitative estimate of drug-likeness (QED) is 0.490. The number of rotatable bonds is 10. The zero-order valence-corrected chi connectivity index (χ0v) is 19.9. The minimum Gasteiger partial charge on any atom is -0.333 e. The zero-order valence-electron chi connectivity index (χ0n) is 19.1. The number of hydrogen-bond donors (Lipinski definition) is 0. The molecule has 0 atom stereocenters. The van der Waals surface area contributed by atoms with Gasteiger partial charge in [0.1, 0.15) is 0 Å². The first kappa shape index (κ1) is 24.1. The maximum atomic E-state index is 13.3. The van der Waals surface area contributed by atoms with Crippen LogP contribution in [0.2, 0.25) is 0 Å². The Bertz CT molecular complexity index is 808. The van der Waals surface area contributed by atoms with Crippen LogP contribution in [0.1, 0.15) is 62.3 Å². The first-order valence-corrected chi connectivity index (χ1v) is 11.6. The zero-order chi connectivity index (χ0) is 22.1. The standard InChI is InChI=1S/C25H36N2O2S/c1-6-7-15-26(23(28)16-25(3,4)5)19-24(29)27(17-21-11-9-8-10-12-21)18-22-14-13-20(2)30-22/h8-14H,6-7,15-19H2,1-5H3. The van der Waals surface area contributed by atoms with Crippen LogP contribution in [-0.2, 0) is 22.7 Å². The number of carbonyl (C=O) groups is 2. The van der Waals surface area contributed by atoms with Gasteiger partial charge >= 0.3 is 0 Å². The highest BCUT2D eigenvalue weighted by Gasteiger charge is 2.25. The number of hydrogen-bond acceptors (Lipinski definition) is 3. The lowest BCUT2D eigenvalue weighted by Crippen LogP contribution is -2.43. The highest BCUT2D eigenvalue weighted by Crippen LogP contribution is 2.21. The Morgan fingerprint density at radius 1 is 0.933 bits per heavy atom. The molecule has 2 rings (SSSR count). The van der Waals surface area contributed by atoms with Crippen LogP contribution < -0.4 is 0 Å². The number of thiophene rings is 1. The summed E-state index contributed by atoms with van der Waals surface area (Å²) in [5.74, 6) is 0.0687. The molecule has 0 aliphatic heterocycles. The van der Waals surface area contributed by atoms with E-state index in [1.807, 2.05) is 35.2 Å². The fraction of sp³-hybridized carbons (Fsp3) is 0.520. The summed E-state index contributed by atoms with van der Waals surface area (Å²) in [6, 6.07) is 14.2. The second-order valence-corrected chi connectivity index (χ2v) is 10.5. The van der Waals surface area contributed by atoms with E-state index in [0.717, 1.165) is 23.3 Å². The Labute approximate surface area is 185 Å². The fourth-order valence-corrected chi connectivity index (χ4v) is 4.17. The van der Waals surface area contributed by atoms with Crippen molar-refractivity contribution in [2.24, 2.45) is 5.41 Å². The third-order valence-electron chi connectivity index (χ3n) is 4.85. The first-order valence-electron chi connectivity index (χ1n) is 10.8. The van der Waals surface area contributed by atoms with Gasteiger partial charge in [0.05, 0.1) is 13.1 Å². The van der Waals surface area contributed by atoms with Crippen molar-refractivity contribution >= 4 is 23.2 Å². The number of carbonyl (C=O) groups excluding carboxylic acids is 2. The molecule has 1 aromatic heterocycles. The molecule has 0 aliphatic carbocycles.